The first-order valence-corrected chi connectivity index (χ1v) is 8.92. The van der Waals surface area contributed by atoms with Gasteiger partial charge in [0.1, 0.15) is 5.82 Å². The Morgan fingerprint density at radius 1 is 1.07 bits per heavy atom. The third-order valence-corrected chi connectivity index (χ3v) is 4.85. The van der Waals surface area contributed by atoms with Crippen LogP contribution >= 0.6 is 12.4 Å². The zero-order valence-corrected chi connectivity index (χ0v) is 16.4. The van der Waals surface area contributed by atoms with Gasteiger partial charge in [-0.15, -0.1) is 22.6 Å². The molecule has 2 N–H and O–H groups in total. The van der Waals surface area contributed by atoms with Crippen LogP contribution in [0.1, 0.15) is 11.4 Å². The molecule has 5 rings (SSSR count). The maximum Gasteiger partial charge on any atom is 0.196 e. The van der Waals surface area contributed by atoms with E-state index in [9.17, 15) is 5.11 Å². The van der Waals surface area contributed by atoms with Crippen LogP contribution < -0.4 is 10.4 Å². The van der Waals surface area contributed by atoms with Crippen LogP contribution in [0, 0.1) is 0 Å². The van der Waals surface area contributed by atoms with E-state index < -0.39 is 0 Å². The van der Waals surface area contributed by atoms with E-state index in [0.717, 1.165) is 44.1 Å². The molecule has 3 heterocycles. The molecule has 1 aliphatic heterocycles. The van der Waals surface area contributed by atoms with Gasteiger partial charge >= 0.3 is 0 Å². The van der Waals surface area contributed by atoms with E-state index in [1.54, 1.807) is 6.20 Å². The van der Waals surface area contributed by atoms with Gasteiger partial charge in [0.25, 0.3) is 0 Å². The summed E-state index contributed by atoms with van der Waals surface area (Å²) in [7, 11) is 1.95. The van der Waals surface area contributed by atoms with Gasteiger partial charge in [-0.1, -0.05) is 24.3 Å². The number of para-hydroxylation sites is 1. The number of nitrogens with one attached hydrogen (secondary N) is 1. The van der Waals surface area contributed by atoms with Gasteiger partial charge in [0.05, 0.1) is 11.4 Å². The van der Waals surface area contributed by atoms with Crippen molar-refractivity contribution in [1.29, 1.82) is 0 Å². The highest BCUT2D eigenvalue weighted by Crippen LogP contribution is 2.27. The molecule has 0 amide bonds. The van der Waals surface area contributed by atoms with Crippen molar-refractivity contribution in [3.8, 4) is 5.88 Å². The first kappa shape index (κ1) is 18.7. The van der Waals surface area contributed by atoms with E-state index in [1.165, 1.54) is 0 Å². The van der Waals surface area contributed by atoms with Crippen molar-refractivity contribution in [1.82, 2.24) is 14.5 Å². The highest BCUT2D eigenvalue weighted by atomic mass is 35.5. The van der Waals surface area contributed by atoms with Crippen LogP contribution in [-0.2, 0) is 7.05 Å². The van der Waals surface area contributed by atoms with Gasteiger partial charge in [0, 0.05) is 41.1 Å². The van der Waals surface area contributed by atoms with E-state index >= 15 is 0 Å². The Bertz CT molecular complexity index is 1390. The maximum atomic E-state index is 10.3. The van der Waals surface area contributed by atoms with Crippen molar-refractivity contribution >= 4 is 46.8 Å². The number of rotatable bonds is 3. The number of aromatic nitrogens is 3. The maximum absolute atomic E-state index is 10.3. The van der Waals surface area contributed by atoms with Crippen LogP contribution in [0.25, 0.3) is 28.8 Å². The van der Waals surface area contributed by atoms with Gasteiger partial charge < -0.3 is 14.7 Å². The van der Waals surface area contributed by atoms with Gasteiger partial charge in [-0.2, -0.15) is 0 Å². The highest BCUT2D eigenvalue weighted by molar-refractivity contribution is 5.91. The fourth-order valence-electron chi connectivity index (χ4n) is 3.38. The topological polar surface area (TPSA) is 78.6 Å². The van der Waals surface area contributed by atoms with Gasteiger partial charge in [-0.25, -0.2) is 4.98 Å². The quantitative estimate of drug-likeness (QED) is 0.546. The Kier molecular flexibility index (Phi) is 4.78. The molecule has 0 spiro atoms. The number of halogens is 1. The van der Waals surface area contributed by atoms with Crippen LogP contribution in [0.4, 0.5) is 5.69 Å². The number of aryl methyl sites for hydroxylation is 1. The molecular weight excluding hydrogens is 386 g/mol. The predicted octanol–water partition coefficient (Wildman–Crippen LogP) is 3.78. The lowest BCUT2D eigenvalue weighted by molar-refractivity contribution is 0.457. The number of imidazole rings is 1. The summed E-state index contributed by atoms with van der Waals surface area (Å²) < 4.78 is 1.94. The lowest BCUT2D eigenvalue weighted by atomic mass is 10.1. The second-order valence-corrected chi connectivity index (χ2v) is 6.67. The largest absolute Gasteiger partial charge is 0.494 e. The molecule has 2 aromatic carbocycles. The van der Waals surface area contributed by atoms with Gasteiger partial charge in [-0.05, 0) is 41.6 Å². The summed E-state index contributed by atoms with van der Waals surface area (Å²) in [5.74, 6) is 1.02. The van der Waals surface area contributed by atoms with E-state index in [1.807, 2.05) is 78.5 Å². The lowest BCUT2D eigenvalue weighted by Crippen LogP contribution is -2.08. The fraction of sp³-hybridized carbons (Fsp3) is 0.0455. The van der Waals surface area contributed by atoms with E-state index in [0.29, 0.717) is 0 Å². The van der Waals surface area contributed by atoms with E-state index in [-0.39, 0.29) is 18.3 Å². The Balaban J connectivity index is 0.00000205. The molecule has 1 aliphatic rings. The first-order chi connectivity index (χ1) is 13.7. The molecule has 0 fully saturated rings. The van der Waals surface area contributed by atoms with Crippen LogP contribution in [0.2, 0.25) is 0 Å². The summed E-state index contributed by atoms with van der Waals surface area (Å²) in [6.07, 6.45) is 9.46. The summed E-state index contributed by atoms with van der Waals surface area (Å²) in [5, 5.41) is 21.8. The van der Waals surface area contributed by atoms with Crippen molar-refractivity contribution in [2.75, 3.05) is 0 Å². The van der Waals surface area contributed by atoms with Crippen molar-refractivity contribution < 1.29 is 5.11 Å². The second kappa shape index (κ2) is 7.41. The van der Waals surface area contributed by atoms with Crippen LogP contribution in [0.3, 0.4) is 0 Å². The van der Waals surface area contributed by atoms with Gasteiger partial charge in [0.2, 0.25) is 0 Å². The fourth-order valence-corrected chi connectivity index (χ4v) is 3.38. The third kappa shape index (κ3) is 3.34. The summed E-state index contributed by atoms with van der Waals surface area (Å²) in [6.45, 7) is 0. The Hall–Kier alpha value is -3.64. The van der Waals surface area contributed by atoms with Crippen LogP contribution in [0.15, 0.2) is 71.2 Å². The Labute approximate surface area is 172 Å². The Morgan fingerprint density at radius 2 is 1.93 bits per heavy atom. The third-order valence-electron chi connectivity index (χ3n) is 4.85. The number of aromatic hydroxyl groups is 1. The van der Waals surface area contributed by atoms with Crippen molar-refractivity contribution in [3.63, 3.8) is 0 Å². The molecule has 2 aromatic heterocycles. The highest BCUT2D eigenvalue weighted by Gasteiger charge is 2.09. The zero-order valence-electron chi connectivity index (χ0n) is 15.6. The number of hydrogen-bond acceptors (Lipinski definition) is 4. The molecule has 4 aromatic rings. The number of benzene rings is 2. The van der Waals surface area contributed by atoms with Crippen LogP contribution in [0.5, 0.6) is 5.88 Å². The lowest BCUT2D eigenvalue weighted by Gasteiger charge is -1.95. The average Bonchev–Trinajstić information content (AvgIpc) is 3.38. The number of nitrogens with zero attached hydrogens (tertiary/aromatic N) is 4. The molecule has 0 saturated carbocycles. The predicted molar refractivity (Wildman–Crippen MR) is 117 cm³/mol. The number of H-pyrrole nitrogens is 1. The minimum absolute atomic E-state index is 0. The van der Waals surface area contributed by atoms with Crippen molar-refractivity contribution in [3.05, 3.63) is 82.8 Å². The normalized spacial score (nSPS) is 13.4. The summed E-state index contributed by atoms with van der Waals surface area (Å²) >= 11 is 0. The Morgan fingerprint density at radius 3 is 2.76 bits per heavy atom. The minimum Gasteiger partial charge on any atom is -0.494 e. The summed E-state index contributed by atoms with van der Waals surface area (Å²) in [6, 6.07) is 13.8. The molecule has 0 aliphatic carbocycles. The number of fused-ring (bicyclic) bond motifs is 2. The van der Waals surface area contributed by atoms with Crippen molar-refractivity contribution in [2.24, 2.45) is 17.3 Å². The molecular formula is C22H18ClN5O. The summed E-state index contributed by atoms with van der Waals surface area (Å²) in [4.78, 5) is 7.28. The monoisotopic (exact) mass is 403 g/mol. The smallest absolute Gasteiger partial charge is 0.196 e. The number of hydrogen-bond donors (Lipinski definition) is 2. The molecule has 0 unspecified atom stereocenters. The van der Waals surface area contributed by atoms with E-state index in [4.69, 9.17) is 0 Å². The average molecular weight is 404 g/mol. The molecule has 144 valence electrons. The molecule has 0 atom stereocenters. The molecule has 0 saturated heterocycles. The standard InChI is InChI=1S/C22H17N5O.ClH/c1-27-11-10-23-21(27)9-8-19-16-7-6-14(13-20(16)26-25-19)12-17-15-4-2-3-5-18(15)24-22(17)28;/h2-13,24,28H,1H3;1H. The van der Waals surface area contributed by atoms with Crippen molar-refractivity contribution in [2.45, 2.75) is 0 Å². The van der Waals surface area contributed by atoms with Gasteiger partial charge in [0.15, 0.2) is 5.88 Å². The van der Waals surface area contributed by atoms with Gasteiger partial charge in [-0.3, -0.25) is 0 Å². The summed E-state index contributed by atoms with van der Waals surface area (Å²) in [5.41, 5.74) is 3.29. The molecule has 29 heavy (non-hydrogen) atoms. The van der Waals surface area contributed by atoms with E-state index in [2.05, 4.69) is 20.2 Å². The first-order valence-electron chi connectivity index (χ1n) is 8.92. The molecule has 0 radical (unpaired) electrons. The number of azo groups is 1. The minimum atomic E-state index is 0. The zero-order chi connectivity index (χ0) is 19.1. The second-order valence-electron chi connectivity index (χ2n) is 6.67. The molecule has 7 heteroatoms. The molecule has 6 nitrogen and oxygen atoms in total. The molecule has 0 bridgehead atoms. The van der Waals surface area contributed by atoms with Crippen LogP contribution in [-0.4, -0.2) is 19.6 Å². The SMILES string of the molecule is Cl.Cn1ccnc1C=CC1=c2ccc(=Cc3c(O)[nH]c4ccccc34)cc2N=N1. The number of aromatic amines is 1.